The molecule has 2 aromatic rings. The van der Waals surface area contributed by atoms with E-state index in [0.717, 1.165) is 5.56 Å². The van der Waals surface area contributed by atoms with Crippen LogP contribution in [0.25, 0.3) is 0 Å². The number of carbonyl (C=O) groups excluding carboxylic acids is 2. The van der Waals surface area contributed by atoms with E-state index in [1.54, 1.807) is 42.5 Å². The lowest BCUT2D eigenvalue weighted by atomic mass is 9.83. The minimum absolute atomic E-state index is 0.127. The van der Waals surface area contributed by atoms with Gasteiger partial charge < -0.3 is 5.21 Å². The predicted molar refractivity (Wildman–Crippen MR) is 73.7 cm³/mol. The fourth-order valence-corrected chi connectivity index (χ4v) is 2.42. The maximum atomic E-state index is 12.4. The summed E-state index contributed by atoms with van der Waals surface area (Å²) in [5, 5.41) is 11.4. The Morgan fingerprint density at radius 2 is 1.50 bits per heavy atom. The van der Waals surface area contributed by atoms with Crippen molar-refractivity contribution in [1.29, 1.82) is 0 Å². The molecular formula is C16H11NO3. The fourth-order valence-electron chi connectivity index (χ4n) is 2.42. The second-order valence-corrected chi connectivity index (χ2v) is 4.59. The van der Waals surface area contributed by atoms with Crippen LogP contribution in [-0.2, 0) is 6.42 Å². The Kier molecular flexibility index (Phi) is 2.91. The van der Waals surface area contributed by atoms with Crippen LogP contribution >= 0.6 is 0 Å². The summed E-state index contributed by atoms with van der Waals surface area (Å²) in [6.07, 6.45) is 1.75. The van der Waals surface area contributed by atoms with E-state index in [-0.39, 0.29) is 11.6 Å². The highest BCUT2D eigenvalue weighted by Gasteiger charge is 2.29. The van der Waals surface area contributed by atoms with Gasteiger partial charge in [-0.2, -0.15) is 0 Å². The third kappa shape index (κ3) is 1.82. The summed E-state index contributed by atoms with van der Waals surface area (Å²) in [7, 11) is 0. The summed E-state index contributed by atoms with van der Waals surface area (Å²) in [5.74, 6) is -0.268. The number of fused-ring (bicyclic) bond motifs is 2. The molecule has 98 valence electrons. The Morgan fingerprint density at radius 3 is 2.15 bits per heavy atom. The second kappa shape index (κ2) is 4.74. The van der Waals surface area contributed by atoms with Crippen LogP contribution in [0.15, 0.2) is 47.6 Å². The quantitative estimate of drug-likeness (QED) is 0.439. The zero-order valence-electron chi connectivity index (χ0n) is 10.5. The molecule has 0 bridgehead atoms. The van der Waals surface area contributed by atoms with E-state index < -0.39 is 0 Å². The van der Waals surface area contributed by atoms with Gasteiger partial charge in [0.05, 0.1) is 0 Å². The highest BCUT2D eigenvalue weighted by molar-refractivity contribution is 6.28. The van der Waals surface area contributed by atoms with Crippen molar-refractivity contribution in [2.45, 2.75) is 6.42 Å². The summed E-state index contributed by atoms with van der Waals surface area (Å²) in [4.78, 5) is 24.8. The molecule has 0 aromatic heterocycles. The fraction of sp³-hybridized carbons (Fsp3) is 0.0625. The predicted octanol–water partition coefficient (Wildman–Crippen LogP) is 2.46. The van der Waals surface area contributed by atoms with E-state index in [2.05, 4.69) is 5.16 Å². The monoisotopic (exact) mass is 265 g/mol. The number of carbonyl (C=O) groups is 2. The Balaban J connectivity index is 2.13. The Hall–Kier alpha value is -2.75. The zero-order valence-corrected chi connectivity index (χ0v) is 10.5. The van der Waals surface area contributed by atoms with E-state index in [0.29, 0.717) is 28.7 Å². The molecular weight excluding hydrogens is 254 g/mol. The van der Waals surface area contributed by atoms with Crippen LogP contribution in [0, 0.1) is 0 Å². The number of hydrogen-bond acceptors (Lipinski definition) is 4. The molecule has 1 aliphatic carbocycles. The minimum atomic E-state index is -0.141. The molecule has 1 aliphatic rings. The summed E-state index contributed by atoms with van der Waals surface area (Å²) in [6.45, 7) is 0. The molecule has 0 fully saturated rings. The first-order valence-electron chi connectivity index (χ1n) is 6.19. The van der Waals surface area contributed by atoms with Gasteiger partial charge in [0.25, 0.3) is 0 Å². The third-order valence-corrected chi connectivity index (χ3v) is 3.40. The summed E-state index contributed by atoms with van der Waals surface area (Å²) >= 11 is 0. The molecule has 4 heteroatoms. The van der Waals surface area contributed by atoms with Crippen molar-refractivity contribution >= 4 is 17.8 Å². The summed E-state index contributed by atoms with van der Waals surface area (Å²) < 4.78 is 0. The molecule has 0 aliphatic heterocycles. The van der Waals surface area contributed by atoms with Crippen LogP contribution in [-0.4, -0.2) is 23.0 Å². The van der Waals surface area contributed by atoms with Gasteiger partial charge in [0, 0.05) is 34.9 Å². The van der Waals surface area contributed by atoms with Crippen molar-refractivity contribution in [2.24, 2.45) is 5.16 Å². The van der Waals surface area contributed by atoms with Crippen molar-refractivity contribution in [3.63, 3.8) is 0 Å². The van der Waals surface area contributed by atoms with Gasteiger partial charge in [-0.3, -0.25) is 9.59 Å². The molecule has 0 unspecified atom stereocenters. The van der Waals surface area contributed by atoms with Gasteiger partial charge in [-0.15, -0.1) is 5.16 Å². The van der Waals surface area contributed by atoms with Gasteiger partial charge in [-0.05, 0) is 11.6 Å². The maximum Gasteiger partial charge on any atom is 0.194 e. The van der Waals surface area contributed by atoms with Crippen LogP contribution < -0.4 is 0 Å². The molecule has 3 rings (SSSR count). The maximum absolute atomic E-state index is 12.4. The normalized spacial score (nSPS) is 13.4. The average Bonchev–Trinajstić information content (AvgIpc) is 2.50. The van der Waals surface area contributed by atoms with Crippen molar-refractivity contribution in [1.82, 2.24) is 0 Å². The first kappa shape index (κ1) is 12.3. The molecule has 0 saturated heterocycles. The first-order valence-corrected chi connectivity index (χ1v) is 6.19. The average molecular weight is 265 g/mol. The first-order chi connectivity index (χ1) is 9.72. The van der Waals surface area contributed by atoms with E-state index in [9.17, 15) is 9.59 Å². The molecule has 0 heterocycles. The molecule has 1 N–H and O–H groups in total. The number of oxime groups is 1. The standard InChI is InChI=1S/C16H11NO3/c18-15-11-3-1-2-4-12(11)16(19)14-9-10(7-8-17-20)5-6-13(14)15/h1-6,8-9,20H,7H2/b17-8-. The van der Waals surface area contributed by atoms with E-state index in [1.807, 2.05) is 0 Å². The number of ketones is 2. The number of nitrogens with zero attached hydrogens (tertiary/aromatic N) is 1. The smallest absolute Gasteiger partial charge is 0.194 e. The van der Waals surface area contributed by atoms with Crippen LogP contribution in [0.2, 0.25) is 0 Å². The van der Waals surface area contributed by atoms with E-state index >= 15 is 0 Å². The molecule has 4 nitrogen and oxygen atoms in total. The minimum Gasteiger partial charge on any atom is -0.411 e. The van der Waals surface area contributed by atoms with Gasteiger partial charge in [-0.25, -0.2) is 0 Å². The number of benzene rings is 2. The van der Waals surface area contributed by atoms with Gasteiger partial charge in [0.2, 0.25) is 0 Å². The topological polar surface area (TPSA) is 66.7 Å². The van der Waals surface area contributed by atoms with Gasteiger partial charge in [0.15, 0.2) is 11.6 Å². The molecule has 0 radical (unpaired) electrons. The SMILES string of the molecule is O=C1c2ccccc2C(=O)c2cc(C/C=N\O)ccc21. The lowest BCUT2D eigenvalue weighted by molar-refractivity contribution is 0.0979. The zero-order chi connectivity index (χ0) is 14.1. The Bertz CT molecular complexity index is 747. The van der Waals surface area contributed by atoms with Gasteiger partial charge in [0.1, 0.15) is 0 Å². The second-order valence-electron chi connectivity index (χ2n) is 4.59. The van der Waals surface area contributed by atoms with Gasteiger partial charge in [-0.1, -0.05) is 36.4 Å². The molecule has 2 aromatic carbocycles. The molecule has 0 amide bonds. The van der Waals surface area contributed by atoms with E-state index in [4.69, 9.17) is 5.21 Å². The largest absolute Gasteiger partial charge is 0.411 e. The summed E-state index contributed by atoms with van der Waals surface area (Å²) in [6, 6.07) is 11.9. The van der Waals surface area contributed by atoms with Crippen LogP contribution in [0.3, 0.4) is 0 Å². The lowest BCUT2D eigenvalue weighted by Crippen LogP contribution is -2.21. The molecule has 0 saturated carbocycles. The van der Waals surface area contributed by atoms with Crippen molar-refractivity contribution in [3.05, 3.63) is 70.3 Å². The molecule has 0 spiro atoms. The van der Waals surface area contributed by atoms with Crippen LogP contribution in [0.1, 0.15) is 37.4 Å². The Morgan fingerprint density at radius 1 is 0.900 bits per heavy atom. The third-order valence-electron chi connectivity index (χ3n) is 3.40. The van der Waals surface area contributed by atoms with Crippen molar-refractivity contribution in [3.8, 4) is 0 Å². The molecule has 20 heavy (non-hydrogen) atoms. The summed E-state index contributed by atoms with van der Waals surface area (Å²) in [5.41, 5.74) is 2.56. The highest BCUT2D eigenvalue weighted by Crippen LogP contribution is 2.27. The number of rotatable bonds is 2. The van der Waals surface area contributed by atoms with Crippen LogP contribution in [0.5, 0.6) is 0 Å². The van der Waals surface area contributed by atoms with E-state index in [1.165, 1.54) is 6.21 Å². The Labute approximate surface area is 115 Å². The van der Waals surface area contributed by atoms with Crippen molar-refractivity contribution in [2.75, 3.05) is 0 Å². The van der Waals surface area contributed by atoms with Crippen molar-refractivity contribution < 1.29 is 14.8 Å². The highest BCUT2D eigenvalue weighted by atomic mass is 16.4. The van der Waals surface area contributed by atoms with Crippen LogP contribution in [0.4, 0.5) is 0 Å². The lowest BCUT2D eigenvalue weighted by Gasteiger charge is -2.17. The van der Waals surface area contributed by atoms with Gasteiger partial charge >= 0.3 is 0 Å². The number of hydrogen-bond donors (Lipinski definition) is 1. The molecule has 0 atom stereocenters.